The van der Waals surface area contributed by atoms with Gasteiger partial charge in [0.1, 0.15) is 29.5 Å². The molecule has 0 spiro atoms. The number of nitrogens with zero attached hydrogens (tertiary/aromatic N) is 2. The van der Waals surface area contributed by atoms with E-state index in [1.165, 1.54) is 27.8 Å². The Morgan fingerprint density at radius 1 is 0.973 bits per heavy atom. The van der Waals surface area contributed by atoms with Crippen LogP contribution in [0, 0.1) is 5.92 Å². The normalized spacial score (nSPS) is 16.5. The van der Waals surface area contributed by atoms with Crippen LogP contribution in [0.4, 0.5) is 5.13 Å². The SMILES string of the molecule is O=C(Nc1nc(-c2ccco2)c(-c2ccco2)s1)C1CCN(S(=O)(=O)c2ccc3c(c2)OCCO3)CC1. The highest BCUT2D eigenvalue weighted by Gasteiger charge is 2.33. The van der Waals surface area contributed by atoms with Crippen molar-refractivity contribution in [3.8, 4) is 33.6 Å². The lowest BCUT2D eigenvalue weighted by Gasteiger charge is -2.30. The van der Waals surface area contributed by atoms with Crippen molar-refractivity contribution in [3.63, 3.8) is 0 Å². The molecule has 2 aliphatic heterocycles. The number of hydrogen-bond acceptors (Lipinski definition) is 9. The summed E-state index contributed by atoms with van der Waals surface area (Å²) in [6.07, 6.45) is 3.94. The van der Waals surface area contributed by atoms with Gasteiger partial charge in [-0.15, -0.1) is 0 Å². The van der Waals surface area contributed by atoms with Gasteiger partial charge in [0.2, 0.25) is 15.9 Å². The number of hydrogen-bond donors (Lipinski definition) is 1. The Kier molecular flexibility index (Phi) is 6.22. The van der Waals surface area contributed by atoms with Crippen LogP contribution in [0.15, 0.2) is 68.7 Å². The van der Waals surface area contributed by atoms with Crippen molar-refractivity contribution in [3.05, 3.63) is 55.0 Å². The van der Waals surface area contributed by atoms with E-state index < -0.39 is 10.0 Å². The number of benzene rings is 1. The van der Waals surface area contributed by atoms with Crippen LogP contribution >= 0.6 is 11.3 Å². The average Bonchev–Trinajstić information content (AvgIpc) is 3.70. The van der Waals surface area contributed by atoms with Crippen molar-refractivity contribution in [2.45, 2.75) is 17.7 Å². The molecule has 12 heteroatoms. The highest BCUT2D eigenvalue weighted by Crippen LogP contribution is 2.40. The van der Waals surface area contributed by atoms with Gasteiger partial charge in [-0.25, -0.2) is 13.4 Å². The smallest absolute Gasteiger partial charge is 0.243 e. The number of nitrogens with one attached hydrogen (secondary N) is 1. The second-order valence-electron chi connectivity index (χ2n) is 8.62. The molecule has 5 heterocycles. The fourth-order valence-corrected chi connectivity index (χ4v) is 6.85. The molecule has 1 aromatic carbocycles. The van der Waals surface area contributed by atoms with E-state index in [1.807, 2.05) is 6.07 Å². The Labute approximate surface area is 216 Å². The zero-order chi connectivity index (χ0) is 25.4. The molecule has 1 saturated heterocycles. The van der Waals surface area contributed by atoms with Crippen molar-refractivity contribution in [1.82, 2.24) is 9.29 Å². The molecule has 37 heavy (non-hydrogen) atoms. The second-order valence-corrected chi connectivity index (χ2v) is 11.6. The van der Waals surface area contributed by atoms with Crippen LogP contribution in [-0.2, 0) is 14.8 Å². The van der Waals surface area contributed by atoms with Crippen molar-refractivity contribution in [2.24, 2.45) is 5.92 Å². The van der Waals surface area contributed by atoms with E-state index in [0.717, 1.165) is 4.88 Å². The Bertz CT molecular complexity index is 1450. The maximum Gasteiger partial charge on any atom is 0.243 e. The summed E-state index contributed by atoms with van der Waals surface area (Å²) in [6, 6.07) is 11.8. The minimum atomic E-state index is -3.72. The van der Waals surface area contributed by atoms with E-state index in [-0.39, 0.29) is 29.8 Å². The molecule has 0 aliphatic carbocycles. The third kappa shape index (κ3) is 4.63. The molecule has 0 saturated carbocycles. The number of piperidine rings is 1. The van der Waals surface area contributed by atoms with Gasteiger partial charge in [-0.1, -0.05) is 11.3 Å². The molecule has 0 radical (unpaired) electrons. The van der Waals surface area contributed by atoms with Gasteiger partial charge in [-0.05, 0) is 49.2 Å². The number of anilines is 1. The van der Waals surface area contributed by atoms with Gasteiger partial charge in [-0.3, -0.25) is 4.79 Å². The number of carbonyl (C=O) groups excluding carboxylic acids is 1. The number of fused-ring (bicyclic) bond motifs is 1. The molecule has 2 aliphatic rings. The molecular weight excluding hydrogens is 518 g/mol. The second kappa shape index (κ2) is 9.69. The van der Waals surface area contributed by atoms with E-state index in [2.05, 4.69) is 10.3 Å². The summed E-state index contributed by atoms with van der Waals surface area (Å²) < 4.78 is 49.9. The monoisotopic (exact) mass is 541 g/mol. The summed E-state index contributed by atoms with van der Waals surface area (Å²) in [4.78, 5) is 18.5. The van der Waals surface area contributed by atoms with Crippen molar-refractivity contribution < 1.29 is 31.5 Å². The third-order valence-electron chi connectivity index (χ3n) is 6.33. The fourth-order valence-electron chi connectivity index (χ4n) is 4.43. The third-order valence-corrected chi connectivity index (χ3v) is 9.21. The zero-order valence-electron chi connectivity index (χ0n) is 19.6. The molecule has 0 atom stereocenters. The molecule has 1 N–H and O–H groups in total. The van der Waals surface area contributed by atoms with E-state index >= 15 is 0 Å². The van der Waals surface area contributed by atoms with Gasteiger partial charge >= 0.3 is 0 Å². The first-order chi connectivity index (χ1) is 18.0. The number of thiazole rings is 1. The summed E-state index contributed by atoms with van der Waals surface area (Å²) in [5, 5.41) is 3.33. The Morgan fingerprint density at radius 2 is 1.68 bits per heavy atom. The molecule has 1 fully saturated rings. The fraction of sp³-hybridized carbons (Fsp3) is 0.280. The van der Waals surface area contributed by atoms with Gasteiger partial charge in [0.15, 0.2) is 22.4 Å². The minimum Gasteiger partial charge on any atom is -0.486 e. The molecule has 1 amide bonds. The van der Waals surface area contributed by atoms with E-state index in [4.69, 9.17) is 18.3 Å². The van der Waals surface area contributed by atoms with Crippen LogP contribution in [0.5, 0.6) is 11.5 Å². The largest absolute Gasteiger partial charge is 0.486 e. The Hall–Kier alpha value is -3.61. The van der Waals surface area contributed by atoms with Crippen LogP contribution in [0.25, 0.3) is 22.1 Å². The summed E-state index contributed by atoms with van der Waals surface area (Å²) in [6.45, 7) is 1.29. The zero-order valence-corrected chi connectivity index (χ0v) is 21.2. The maximum atomic E-state index is 13.2. The summed E-state index contributed by atoms with van der Waals surface area (Å²) in [5.41, 5.74) is 0.584. The lowest BCUT2D eigenvalue weighted by Crippen LogP contribution is -2.41. The van der Waals surface area contributed by atoms with Gasteiger partial charge in [-0.2, -0.15) is 4.31 Å². The first-order valence-corrected chi connectivity index (χ1v) is 14.0. The number of carbonyl (C=O) groups is 1. The number of sulfonamides is 1. The maximum absolute atomic E-state index is 13.2. The van der Waals surface area contributed by atoms with E-state index in [9.17, 15) is 13.2 Å². The highest BCUT2D eigenvalue weighted by molar-refractivity contribution is 7.89. The number of furan rings is 2. The average molecular weight is 542 g/mol. The standard InChI is InChI=1S/C25H23N3O7S2/c29-24(27-25-26-22(19-3-1-11-32-19)23(36-25)20-4-2-12-33-20)16-7-9-28(10-8-16)37(30,31)17-5-6-18-21(15-17)35-14-13-34-18/h1-6,11-12,15-16H,7-10,13-14H2,(H,26,27,29). The molecule has 0 unspecified atom stereocenters. The predicted octanol–water partition coefficient (Wildman–Crippen LogP) is 4.47. The van der Waals surface area contributed by atoms with E-state index in [1.54, 1.807) is 36.8 Å². The molecular formula is C25H23N3O7S2. The topological polar surface area (TPSA) is 124 Å². The molecule has 0 bridgehead atoms. The Morgan fingerprint density at radius 3 is 2.38 bits per heavy atom. The molecule has 4 aromatic rings. The predicted molar refractivity (Wildman–Crippen MR) is 135 cm³/mol. The first-order valence-electron chi connectivity index (χ1n) is 11.8. The van der Waals surface area contributed by atoms with Crippen LogP contribution in [0.2, 0.25) is 0 Å². The minimum absolute atomic E-state index is 0.151. The number of ether oxygens (including phenoxy) is 2. The van der Waals surface area contributed by atoms with E-state index in [0.29, 0.717) is 59.9 Å². The number of amides is 1. The van der Waals surface area contributed by atoms with Crippen LogP contribution in [0.3, 0.4) is 0 Å². The quantitative estimate of drug-likeness (QED) is 0.379. The van der Waals surface area contributed by atoms with Crippen LogP contribution in [0.1, 0.15) is 12.8 Å². The van der Waals surface area contributed by atoms with Gasteiger partial charge in [0.05, 0.1) is 17.4 Å². The highest BCUT2D eigenvalue weighted by atomic mass is 32.2. The lowest BCUT2D eigenvalue weighted by atomic mass is 9.97. The van der Waals surface area contributed by atoms with Gasteiger partial charge in [0.25, 0.3) is 0 Å². The van der Waals surface area contributed by atoms with Crippen LogP contribution in [-0.4, -0.2) is 49.9 Å². The molecule has 192 valence electrons. The molecule has 6 rings (SSSR count). The van der Waals surface area contributed by atoms with Gasteiger partial charge < -0.3 is 23.6 Å². The summed E-state index contributed by atoms with van der Waals surface area (Å²) >= 11 is 1.30. The van der Waals surface area contributed by atoms with Crippen molar-refractivity contribution in [1.29, 1.82) is 0 Å². The summed E-state index contributed by atoms with van der Waals surface area (Å²) in [7, 11) is -3.72. The summed E-state index contributed by atoms with van der Waals surface area (Å²) in [5.74, 6) is 1.63. The lowest BCUT2D eigenvalue weighted by molar-refractivity contribution is -0.120. The number of rotatable bonds is 6. The van der Waals surface area contributed by atoms with Crippen molar-refractivity contribution >= 4 is 32.4 Å². The van der Waals surface area contributed by atoms with Crippen LogP contribution < -0.4 is 14.8 Å². The molecule has 10 nitrogen and oxygen atoms in total. The first kappa shape index (κ1) is 23.8. The Balaban J connectivity index is 1.13. The van der Waals surface area contributed by atoms with Gasteiger partial charge in [0, 0.05) is 25.1 Å². The number of aromatic nitrogens is 1. The van der Waals surface area contributed by atoms with Crippen molar-refractivity contribution in [2.75, 3.05) is 31.6 Å². The molecule has 3 aromatic heterocycles.